The molecule has 17 heteroatoms. The van der Waals surface area contributed by atoms with Gasteiger partial charge in [-0.3, -0.25) is 9.59 Å². The smallest absolute Gasteiger partial charge is 0.416 e. The molecule has 0 spiro atoms. The summed E-state index contributed by atoms with van der Waals surface area (Å²) in [6.07, 6.45) is -9.43. The first-order valence-corrected chi connectivity index (χ1v) is 19.8. The third-order valence-electron chi connectivity index (χ3n) is 10.9. The average molecular weight is 909 g/mol. The minimum atomic E-state index is -4.63. The fourth-order valence-electron chi connectivity index (χ4n) is 7.39. The van der Waals surface area contributed by atoms with Crippen molar-refractivity contribution in [3.05, 3.63) is 191 Å². The number of carbonyl (C=O) groups excluding carboxylic acids is 2. The molecule has 0 aromatic heterocycles. The van der Waals surface area contributed by atoms with Crippen molar-refractivity contribution in [2.75, 3.05) is 30.0 Å². The lowest BCUT2D eigenvalue weighted by Crippen LogP contribution is -2.74. The van der Waals surface area contributed by atoms with Gasteiger partial charge in [0.1, 0.15) is 5.75 Å². The molecule has 0 fully saturated rings. The first kappa shape index (κ1) is 47.6. The molecule has 0 aliphatic heterocycles. The molecule has 0 saturated carbocycles. The number of hydrogen-bond donors (Lipinski definition) is 2. The maximum atomic E-state index is 15.9. The van der Waals surface area contributed by atoms with Gasteiger partial charge in [-0.05, 0) is 95.8 Å². The molecule has 0 aliphatic carbocycles. The summed E-state index contributed by atoms with van der Waals surface area (Å²) in [4.78, 5) is 34.0. The maximum absolute atomic E-state index is 15.9. The number of nitrogens with zero attached hydrogens (tertiary/aromatic N) is 2. The molecule has 65 heavy (non-hydrogen) atoms. The van der Waals surface area contributed by atoms with Gasteiger partial charge in [-0.25, -0.2) is 4.39 Å². The number of benzene rings is 6. The van der Waals surface area contributed by atoms with Crippen LogP contribution in [-0.4, -0.2) is 38.6 Å². The van der Waals surface area contributed by atoms with Crippen LogP contribution in [0.3, 0.4) is 0 Å². The lowest BCUT2D eigenvalue weighted by molar-refractivity contribution is -0.138. The lowest BCUT2D eigenvalue weighted by atomic mass is 9.67. The molecule has 6 aromatic rings. The van der Waals surface area contributed by atoms with Gasteiger partial charge in [-0.15, -0.1) is 0 Å². The lowest BCUT2D eigenvalue weighted by Gasteiger charge is -2.48. The number of carbonyl (C=O) groups is 2. The average Bonchev–Trinajstić information content (AvgIpc) is 3.29. The van der Waals surface area contributed by atoms with Crippen LogP contribution in [0.5, 0.6) is 11.5 Å². The quantitative estimate of drug-likeness (QED) is 0.0936. The molecule has 340 valence electrons. The first-order chi connectivity index (χ1) is 30.8. The molecule has 2 unspecified atom stereocenters. The summed E-state index contributed by atoms with van der Waals surface area (Å²) in [6.45, 7) is -3.81. The summed E-state index contributed by atoms with van der Waals surface area (Å²) in [5.74, 6) is -3.42. The predicted molar refractivity (Wildman–Crippen MR) is 226 cm³/mol. The number of methoxy groups -OCH3 is 1. The maximum Gasteiger partial charge on any atom is 0.416 e. The molecule has 0 heterocycles. The van der Waals surface area contributed by atoms with Crippen LogP contribution in [0, 0.1) is 5.82 Å². The SMILES string of the molecule is COc1cc(N(CCc2ccc(C(F)(F)F)cc2)C(=O)C(N)(c2ccccc2)C(N)(C(=O)N(CCc2ccc(C(F)(F)F)cc2)c2ccc(OC(F)F)cc2)c2ccccc2)ccc1F. The monoisotopic (exact) mass is 908 g/mol. The normalized spacial score (nSPS) is 13.7. The number of ether oxygens (including phenoxy) is 2. The topological polar surface area (TPSA) is 111 Å². The van der Waals surface area contributed by atoms with Gasteiger partial charge >= 0.3 is 19.0 Å². The summed E-state index contributed by atoms with van der Waals surface area (Å²) in [5.41, 5.74) is 8.67. The second-order valence-corrected chi connectivity index (χ2v) is 14.8. The molecular formula is C48H41F9N4O4. The van der Waals surface area contributed by atoms with Crippen LogP contribution in [0.1, 0.15) is 33.4 Å². The molecule has 6 aromatic carbocycles. The van der Waals surface area contributed by atoms with Crippen LogP contribution in [0.15, 0.2) is 152 Å². The number of alkyl halides is 8. The molecule has 0 saturated heterocycles. The minimum absolute atomic E-state index is 0.00117. The van der Waals surface area contributed by atoms with Crippen molar-refractivity contribution in [3.63, 3.8) is 0 Å². The highest BCUT2D eigenvalue weighted by atomic mass is 19.4. The van der Waals surface area contributed by atoms with Gasteiger partial charge in [-0.2, -0.15) is 35.1 Å². The van der Waals surface area contributed by atoms with E-state index >= 15 is 9.59 Å². The van der Waals surface area contributed by atoms with E-state index in [1.165, 1.54) is 104 Å². The van der Waals surface area contributed by atoms with Crippen molar-refractivity contribution >= 4 is 23.2 Å². The van der Waals surface area contributed by atoms with Gasteiger partial charge in [0.25, 0.3) is 11.8 Å². The van der Waals surface area contributed by atoms with Gasteiger partial charge in [0, 0.05) is 30.5 Å². The second-order valence-electron chi connectivity index (χ2n) is 14.8. The number of nitrogens with two attached hydrogens (primary N) is 2. The van der Waals surface area contributed by atoms with Gasteiger partial charge in [0.15, 0.2) is 22.6 Å². The molecule has 4 N–H and O–H groups in total. The first-order valence-electron chi connectivity index (χ1n) is 19.8. The van der Waals surface area contributed by atoms with Crippen molar-refractivity contribution in [1.29, 1.82) is 0 Å². The number of amides is 2. The van der Waals surface area contributed by atoms with E-state index < -0.39 is 58.8 Å². The van der Waals surface area contributed by atoms with Gasteiger partial charge in [0.2, 0.25) is 0 Å². The van der Waals surface area contributed by atoms with Crippen LogP contribution in [0.4, 0.5) is 50.9 Å². The zero-order valence-corrected chi connectivity index (χ0v) is 34.4. The Morgan fingerprint density at radius 1 is 0.554 bits per heavy atom. The van der Waals surface area contributed by atoms with E-state index in [-0.39, 0.29) is 59.9 Å². The third kappa shape index (κ3) is 10.4. The van der Waals surface area contributed by atoms with E-state index in [1.807, 2.05) is 0 Å². The number of rotatable bonds is 16. The highest BCUT2D eigenvalue weighted by Crippen LogP contribution is 2.43. The number of hydrogen-bond acceptors (Lipinski definition) is 6. The zero-order valence-electron chi connectivity index (χ0n) is 34.4. The summed E-state index contributed by atoms with van der Waals surface area (Å²) < 4.78 is 132. The fourth-order valence-corrected chi connectivity index (χ4v) is 7.39. The molecular weight excluding hydrogens is 868 g/mol. The Morgan fingerprint density at radius 2 is 0.954 bits per heavy atom. The molecule has 2 atom stereocenters. The Balaban J connectivity index is 1.54. The van der Waals surface area contributed by atoms with E-state index in [9.17, 15) is 39.5 Å². The summed E-state index contributed by atoms with van der Waals surface area (Å²) in [7, 11) is 1.19. The zero-order chi connectivity index (χ0) is 47.2. The molecule has 6 rings (SSSR count). The van der Waals surface area contributed by atoms with Crippen molar-refractivity contribution < 1.29 is 58.6 Å². The van der Waals surface area contributed by atoms with E-state index in [0.717, 1.165) is 52.3 Å². The highest BCUT2D eigenvalue weighted by molar-refractivity contribution is 6.11. The van der Waals surface area contributed by atoms with Crippen molar-refractivity contribution in [2.45, 2.75) is 42.9 Å². The third-order valence-corrected chi connectivity index (χ3v) is 10.9. The van der Waals surface area contributed by atoms with Crippen molar-refractivity contribution in [3.8, 4) is 11.5 Å². The Hall–Kier alpha value is -6.85. The number of anilines is 2. The number of halogens is 9. The van der Waals surface area contributed by atoms with Gasteiger partial charge in [-0.1, -0.05) is 84.9 Å². The van der Waals surface area contributed by atoms with E-state index in [0.29, 0.717) is 11.1 Å². The summed E-state index contributed by atoms with van der Waals surface area (Å²) in [6, 6.07) is 32.0. The van der Waals surface area contributed by atoms with E-state index in [4.69, 9.17) is 16.2 Å². The van der Waals surface area contributed by atoms with Crippen LogP contribution in [-0.2, 0) is 45.9 Å². The molecule has 0 aliphatic rings. The molecule has 0 radical (unpaired) electrons. The fraction of sp³-hybridized carbons (Fsp3) is 0.208. The van der Waals surface area contributed by atoms with Crippen molar-refractivity contribution in [1.82, 2.24) is 0 Å². The molecule has 0 bridgehead atoms. The standard InChI is InChI=1S/C48H41F9N4O4/c1-64-41-30-38(22-25-40(41)49)61(29-27-32-14-18-36(19-15-32)48(55,56)57)43(63)46(59,34-10-6-3-7-11-34)45(58,33-8-4-2-5-9-33)42(62)60(37-20-23-39(24-21-37)65-44(50)51)28-26-31-12-16-35(17-13-31)47(52,53)54/h2-25,30,44H,26-29,58-59H2,1H3. The van der Waals surface area contributed by atoms with Gasteiger partial charge in [0.05, 0.1) is 18.2 Å². The summed E-state index contributed by atoms with van der Waals surface area (Å²) in [5, 5.41) is 0. The Labute approximate surface area is 367 Å². The second kappa shape index (κ2) is 19.5. The summed E-state index contributed by atoms with van der Waals surface area (Å²) >= 11 is 0. The Morgan fingerprint density at radius 3 is 1.34 bits per heavy atom. The Bertz CT molecular complexity index is 2540. The Kier molecular flexibility index (Phi) is 14.3. The van der Waals surface area contributed by atoms with Crippen molar-refractivity contribution in [2.24, 2.45) is 11.5 Å². The van der Waals surface area contributed by atoms with Gasteiger partial charge < -0.3 is 30.7 Å². The van der Waals surface area contributed by atoms with Crippen LogP contribution >= 0.6 is 0 Å². The van der Waals surface area contributed by atoms with Crippen LogP contribution in [0.25, 0.3) is 0 Å². The molecule has 2 amide bonds. The molecule has 8 nitrogen and oxygen atoms in total. The largest absolute Gasteiger partial charge is 0.494 e. The minimum Gasteiger partial charge on any atom is -0.494 e. The highest BCUT2D eigenvalue weighted by Gasteiger charge is 2.61. The van der Waals surface area contributed by atoms with Crippen LogP contribution in [0.2, 0.25) is 0 Å². The predicted octanol–water partition coefficient (Wildman–Crippen LogP) is 10.0. The van der Waals surface area contributed by atoms with E-state index in [2.05, 4.69) is 4.74 Å². The van der Waals surface area contributed by atoms with Crippen LogP contribution < -0.4 is 30.7 Å². The van der Waals surface area contributed by atoms with E-state index in [1.54, 1.807) is 12.1 Å².